The maximum Gasteiger partial charge on any atom is 0.261 e. The fourth-order valence-corrected chi connectivity index (χ4v) is 4.28. The van der Waals surface area contributed by atoms with Gasteiger partial charge in [0.2, 0.25) is 0 Å². The number of imidazole rings is 1. The molecule has 1 aliphatic rings. The first-order valence-electron chi connectivity index (χ1n) is 10.6. The van der Waals surface area contributed by atoms with Crippen molar-refractivity contribution in [2.24, 2.45) is 0 Å². The van der Waals surface area contributed by atoms with Gasteiger partial charge in [0.05, 0.1) is 27.6 Å². The summed E-state index contributed by atoms with van der Waals surface area (Å²) in [6, 6.07) is 9.58. The predicted molar refractivity (Wildman–Crippen MR) is 122 cm³/mol. The number of aromatic nitrogens is 3. The number of pyridine rings is 1. The molecule has 0 aliphatic carbocycles. The van der Waals surface area contributed by atoms with Crippen molar-refractivity contribution in [2.75, 3.05) is 38.5 Å². The van der Waals surface area contributed by atoms with E-state index in [0.29, 0.717) is 35.2 Å². The van der Waals surface area contributed by atoms with Gasteiger partial charge in [0.15, 0.2) is 0 Å². The summed E-state index contributed by atoms with van der Waals surface area (Å²) < 4.78 is 14.4. The maximum absolute atomic E-state index is 14.4. The molecule has 1 aliphatic heterocycles. The van der Waals surface area contributed by atoms with Gasteiger partial charge in [0, 0.05) is 31.7 Å². The zero-order valence-electron chi connectivity index (χ0n) is 17.6. The number of piperazine rings is 1. The summed E-state index contributed by atoms with van der Waals surface area (Å²) in [7, 11) is 0. The molecule has 4 aromatic rings. The lowest BCUT2D eigenvalue weighted by Crippen LogP contribution is -2.48. The van der Waals surface area contributed by atoms with E-state index in [1.54, 1.807) is 24.3 Å². The molecule has 2 aromatic heterocycles. The van der Waals surface area contributed by atoms with E-state index in [1.165, 1.54) is 12.1 Å². The molecule has 0 unspecified atom stereocenters. The number of hydrogen-bond acceptors (Lipinski definition) is 5. The number of H-pyrrole nitrogens is 2. The number of nitrogens with one attached hydrogen (secondary N) is 2. The number of fused-ring (bicyclic) bond motifs is 2. The number of likely N-dealkylation sites (N-methyl/N-ethyl adjacent to an activating group) is 1. The van der Waals surface area contributed by atoms with Crippen molar-refractivity contribution in [1.82, 2.24) is 24.8 Å². The summed E-state index contributed by atoms with van der Waals surface area (Å²) in [6.07, 6.45) is 0. The minimum atomic E-state index is -0.523. The molecule has 164 valence electrons. The van der Waals surface area contributed by atoms with E-state index in [1.807, 2.05) is 4.90 Å². The molecule has 2 aromatic carbocycles. The number of carbonyl (C=O) groups is 1. The van der Waals surface area contributed by atoms with Crippen molar-refractivity contribution in [3.63, 3.8) is 0 Å². The van der Waals surface area contributed by atoms with Crippen molar-refractivity contribution >= 4 is 33.5 Å². The zero-order valence-corrected chi connectivity index (χ0v) is 17.6. The third-order valence-corrected chi connectivity index (χ3v) is 6.10. The number of benzene rings is 2. The molecular weight excluding hydrogens is 411 g/mol. The number of amides is 1. The molecule has 4 N–H and O–H groups in total. The van der Waals surface area contributed by atoms with Gasteiger partial charge in [-0.15, -0.1) is 0 Å². The molecule has 3 heterocycles. The Morgan fingerprint density at radius 1 is 1.12 bits per heavy atom. The van der Waals surface area contributed by atoms with Gasteiger partial charge in [-0.05, 0) is 36.9 Å². The topological polar surface area (TPSA) is 111 Å². The number of hydrogen-bond donors (Lipinski definition) is 3. The Bertz CT molecular complexity index is 1400. The molecule has 9 heteroatoms. The average molecular weight is 434 g/mol. The number of carbonyl (C=O) groups excluding carboxylic acids is 1. The van der Waals surface area contributed by atoms with Crippen LogP contribution in [0.15, 0.2) is 41.2 Å². The number of nitrogens with zero attached hydrogens (tertiary/aromatic N) is 3. The van der Waals surface area contributed by atoms with Crippen LogP contribution in [0.3, 0.4) is 0 Å². The average Bonchev–Trinajstić information content (AvgIpc) is 3.21. The number of nitrogen functional groups attached to an aromatic ring is 1. The number of aromatic amines is 2. The van der Waals surface area contributed by atoms with Gasteiger partial charge in [-0.3, -0.25) is 9.59 Å². The highest BCUT2D eigenvalue weighted by Gasteiger charge is 2.22. The number of nitrogens with two attached hydrogens (primary N) is 1. The normalized spacial score (nSPS) is 15.0. The van der Waals surface area contributed by atoms with Crippen LogP contribution in [0.4, 0.5) is 10.1 Å². The summed E-state index contributed by atoms with van der Waals surface area (Å²) >= 11 is 0. The first-order chi connectivity index (χ1) is 15.5. The van der Waals surface area contributed by atoms with Crippen molar-refractivity contribution in [3.05, 3.63) is 58.1 Å². The number of rotatable bonds is 3. The maximum atomic E-state index is 14.4. The molecule has 32 heavy (non-hydrogen) atoms. The van der Waals surface area contributed by atoms with Crippen LogP contribution in [0.2, 0.25) is 0 Å². The Hall–Kier alpha value is -3.72. The minimum absolute atomic E-state index is 0.0194. The molecule has 0 saturated carbocycles. The smallest absolute Gasteiger partial charge is 0.261 e. The Morgan fingerprint density at radius 2 is 1.91 bits per heavy atom. The molecule has 0 radical (unpaired) electrons. The van der Waals surface area contributed by atoms with Gasteiger partial charge in [0.1, 0.15) is 17.2 Å². The van der Waals surface area contributed by atoms with E-state index < -0.39 is 11.4 Å². The monoisotopic (exact) mass is 434 g/mol. The van der Waals surface area contributed by atoms with Crippen LogP contribution >= 0.6 is 0 Å². The second-order valence-corrected chi connectivity index (χ2v) is 7.95. The summed E-state index contributed by atoms with van der Waals surface area (Å²) in [5.41, 5.74) is 7.86. The van der Waals surface area contributed by atoms with Crippen LogP contribution in [0, 0.1) is 5.82 Å². The molecule has 5 rings (SSSR count). The molecule has 8 nitrogen and oxygen atoms in total. The van der Waals surface area contributed by atoms with E-state index in [-0.39, 0.29) is 28.4 Å². The van der Waals surface area contributed by atoms with Crippen LogP contribution < -0.4 is 11.3 Å². The van der Waals surface area contributed by atoms with Crippen LogP contribution in [0.5, 0.6) is 0 Å². The first-order valence-corrected chi connectivity index (χ1v) is 10.6. The van der Waals surface area contributed by atoms with Gasteiger partial charge >= 0.3 is 0 Å². The van der Waals surface area contributed by atoms with Crippen LogP contribution in [0.1, 0.15) is 17.3 Å². The molecule has 1 saturated heterocycles. The highest BCUT2D eigenvalue weighted by molar-refractivity contribution is 6.00. The van der Waals surface area contributed by atoms with Crippen molar-refractivity contribution < 1.29 is 9.18 Å². The van der Waals surface area contributed by atoms with E-state index in [0.717, 1.165) is 19.6 Å². The second kappa shape index (κ2) is 7.76. The van der Waals surface area contributed by atoms with Crippen molar-refractivity contribution in [2.45, 2.75) is 6.92 Å². The highest BCUT2D eigenvalue weighted by atomic mass is 19.1. The molecule has 1 amide bonds. The summed E-state index contributed by atoms with van der Waals surface area (Å²) in [6.45, 7) is 6.19. The SMILES string of the molecule is CCN1CCN(C(=O)c2ccc3nc(-c4c(N)c5c(F)cccc5[nH]c4=O)[nH]c3c2)CC1. The Balaban J connectivity index is 1.52. The molecule has 0 spiro atoms. The van der Waals surface area contributed by atoms with E-state index >= 15 is 0 Å². The third-order valence-electron chi connectivity index (χ3n) is 6.10. The van der Waals surface area contributed by atoms with Crippen LogP contribution in [0.25, 0.3) is 33.3 Å². The van der Waals surface area contributed by atoms with Gasteiger partial charge in [-0.2, -0.15) is 0 Å². The largest absolute Gasteiger partial charge is 0.397 e. The third kappa shape index (κ3) is 3.31. The zero-order chi connectivity index (χ0) is 22.4. The quantitative estimate of drug-likeness (QED) is 0.459. The minimum Gasteiger partial charge on any atom is -0.397 e. The number of anilines is 1. The van der Waals surface area contributed by atoms with Gasteiger partial charge < -0.3 is 25.5 Å². The Kier molecular flexibility index (Phi) is 4.90. The molecule has 0 bridgehead atoms. The van der Waals surface area contributed by atoms with E-state index in [2.05, 4.69) is 26.8 Å². The second-order valence-electron chi connectivity index (χ2n) is 7.95. The van der Waals surface area contributed by atoms with Crippen molar-refractivity contribution in [1.29, 1.82) is 0 Å². The lowest BCUT2D eigenvalue weighted by molar-refractivity contribution is 0.0643. The number of halogens is 1. The summed E-state index contributed by atoms with van der Waals surface area (Å²) in [5.74, 6) is -0.335. The highest BCUT2D eigenvalue weighted by Crippen LogP contribution is 2.30. The summed E-state index contributed by atoms with van der Waals surface area (Å²) in [4.78, 5) is 40.0. The van der Waals surface area contributed by atoms with Crippen molar-refractivity contribution in [3.8, 4) is 11.4 Å². The molecule has 1 fully saturated rings. The molecule has 0 atom stereocenters. The van der Waals surface area contributed by atoms with Crippen LogP contribution in [-0.2, 0) is 0 Å². The van der Waals surface area contributed by atoms with Gasteiger partial charge in [-0.1, -0.05) is 13.0 Å². The molecular formula is C23H23FN6O2. The van der Waals surface area contributed by atoms with Gasteiger partial charge in [-0.25, -0.2) is 9.37 Å². The van der Waals surface area contributed by atoms with E-state index in [4.69, 9.17) is 5.73 Å². The van der Waals surface area contributed by atoms with E-state index in [9.17, 15) is 14.0 Å². The lowest BCUT2D eigenvalue weighted by Gasteiger charge is -2.34. The fourth-order valence-electron chi connectivity index (χ4n) is 4.28. The van der Waals surface area contributed by atoms with Crippen LogP contribution in [-0.4, -0.2) is 63.4 Å². The Labute approximate surface area is 182 Å². The Morgan fingerprint density at radius 3 is 2.66 bits per heavy atom. The standard InChI is InChI=1S/C23H23FN6O2/c1-2-29-8-10-30(11-9-29)23(32)13-6-7-15-17(12-13)27-21(26-15)19-20(25)18-14(24)4-3-5-16(18)28-22(19)31/h3-7,12H,2,8-11H2,1H3,(H,26,27)(H3,25,28,31). The van der Waals surface area contributed by atoms with Gasteiger partial charge in [0.25, 0.3) is 11.5 Å². The summed E-state index contributed by atoms with van der Waals surface area (Å²) in [5, 5.41) is 0.143. The predicted octanol–water partition coefficient (Wildman–Crippen LogP) is 2.57. The first kappa shape index (κ1) is 20.2. The lowest BCUT2D eigenvalue weighted by atomic mass is 10.1. The fraction of sp³-hybridized carbons (Fsp3) is 0.261.